The normalized spacial score (nSPS) is 23.3. The molecular formula is C18H24ClN3O2. The van der Waals surface area contributed by atoms with E-state index in [0.29, 0.717) is 19.5 Å². The van der Waals surface area contributed by atoms with Gasteiger partial charge < -0.3 is 15.1 Å². The average Bonchev–Trinajstić information content (AvgIpc) is 3.34. The molecule has 0 aromatic heterocycles. The summed E-state index contributed by atoms with van der Waals surface area (Å²) in [7, 11) is 0. The Balaban J connectivity index is 1.50. The molecule has 1 aliphatic carbocycles. The molecule has 130 valence electrons. The van der Waals surface area contributed by atoms with Crippen molar-refractivity contribution in [2.24, 2.45) is 11.8 Å². The van der Waals surface area contributed by atoms with Crippen molar-refractivity contribution >= 4 is 29.1 Å². The largest absolute Gasteiger partial charge is 0.368 e. The van der Waals surface area contributed by atoms with Crippen molar-refractivity contribution in [2.45, 2.75) is 26.3 Å². The predicted molar refractivity (Wildman–Crippen MR) is 95.1 cm³/mol. The van der Waals surface area contributed by atoms with Crippen molar-refractivity contribution in [3.63, 3.8) is 0 Å². The number of piperazine rings is 1. The Labute approximate surface area is 147 Å². The molecule has 1 saturated heterocycles. The van der Waals surface area contributed by atoms with Crippen molar-refractivity contribution < 1.29 is 9.59 Å². The Morgan fingerprint density at radius 1 is 1.17 bits per heavy atom. The number of carbonyl (C=O) groups excluding carboxylic acids is 2. The topological polar surface area (TPSA) is 52.7 Å². The van der Waals surface area contributed by atoms with E-state index in [1.165, 1.54) is 0 Å². The maximum Gasteiger partial charge on any atom is 0.226 e. The first kappa shape index (κ1) is 17.1. The van der Waals surface area contributed by atoms with Gasteiger partial charge in [-0.15, -0.1) is 0 Å². The summed E-state index contributed by atoms with van der Waals surface area (Å²) in [6, 6.07) is 7.91. The number of anilines is 1. The summed E-state index contributed by atoms with van der Waals surface area (Å²) in [5, 5.41) is 3.62. The van der Waals surface area contributed by atoms with Crippen LogP contribution in [0.5, 0.6) is 0 Å². The lowest BCUT2D eigenvalue weighted by Gasteiger charge is -2.36. The highest BCUT2D eigenvalue weighted by molar-refractivity contribution is 6.30. The number of hydrogen-bond acceptors (Lipinski definition) is 3. The molecule has 5 nitrogen and oxygen atoms in total. The van der Waals surface area contributed by atoms with Gasteiger partial charge in [0.25, 0.3) is 0 Å². The molecule has 2 atom stereocenters. The predicted octanol–water partition coefficient (Wildman–Crippen LogP) is 2.15. The summed E-state index contributed by atoms with van der Waals surface area (Å²) in [6.07, 6.45) is 0.686. The minimum Gasteiger partial charge on any atom is -0.368 e. The summed E-state index contributed by atoms with van der Waals surface area (Å²) in [5.41, 5.74) is 1.09. The van der Waals surface area contributed by atoms with E-state index in [0.717, 1.165) is 23.8 Å². The number of hydrogen-bond donors (Lipinski definition) is 1. The van der Waals surface area contributed by atoms with Crippen molar-refractivity contribution in [1.82, 2.24) is 10.2 Å². The zero-order valence-electron chi connectivity index (χ0n) is 14.2. The van der Waals surface area contributed by atoms with Gasteiger partial charge in [-0.25, -0.2) is 0 Å². The van der Waals surface area contributed by atoms with Crippen LogP contribution in [0.1, 0.15) is 20.3 Å². The molecule has 1 aromatic rings. The average molecular weight is 350 g/mol. The minimum atomic E-state index is -0.133. The summed E-state index contributed by atoms with van der Waals surface area (Å²) in [5.74, 6) is -0.113. The molecule has 0 spiro atoms. The van der Waals surface area contributed by atoms with E-state index < -0.39 is 0 Å². The van der Waals surface area contributed by atoms with Crippen LogP contribution in [0, 0.1) is 11.8 Å². The van der Waals surface area contributed by atoms with Gasteiger partial charge in [0.05, 0.1) is 11.8 Å². The standard InChI is InChI=1S/C18H24ClN3O2/c1-12(2)20-17(23)15-11-16(15)18(24)22-8-6-21(7-9-22)14-5-3-4-13(19)10-14/h3-5,10,12,15-16H,6-9,11H2,1-2H3,(H,20,23). The molecule has 6 heteroatoms. The first-order chi connectivity index (χ1) is 11.5. The lowest BCUT2D eigenvalue weighted by Crippen LogP contribution is -2.49. The second kappa shape index (κ2) is 7.01. The van der Waals surface area contributed by atoms with Crippen LogP contribution in [0.4, 0.5) is 5.69 Å². The molecule has 0 radical (unpaired) electrons. The molecule has 1 heterocycles. The molecule has 24 heavy (non-hydrogen) atoms. The number of amides is 2. The van der Waals surface area contributed by atoms with Crippen LogP contribution in [-0.4, -0.2) is 48.9 Å². The molecule has 1 saturated carbocycles. The van der Waals surface area contributed by atoms with E-state index in [-0.39, 0.29) is 29.7 Å². The summed E-state index contributed by atoms with van der Waals surface area (Å²) >= 11 is 6.05. The highest BCUT2D eigenvalue weighted by atomic mass is 35.5. The third-order valence-corrected chi connectivity index (χ3v) is 4.88. The lowest BCUT2D eigenvalue weighted by atomic mass is 10.2. The Kier molecular flexibility index (Phi) is 4.99. The molecule has 0 bridgehead atoms. The van der Waals surface area contributed by atoms with Crippen LogP contribution in [0.2, 0.25) is 5.02 Å². The smallest absolute Gasteiger partial charge is 0.226 e. The molecular weight excluding hydrogens is 326 g/mol. The van der Waals surface area contributed by atoms with E-state index in [9.17, 15) is 9.59 Å². The third-order valence-electron chi connectivity index (χ3n) is 4.64. The van der Waals surface area contributed by atoms with E-state index >= 15 is 0 Å². The summed E-state index contributed by atoms with van der Waals surface area (Å²) in [4.78, 5) is 28.7. The number of carbonyl (C=O) groups is 2. The van der Waals surface area contributed by atoms with E-state index in [4.69, 9.17) is 11.6 Å². The summed E-state index contributed by atoms with van der Waals surface area (Å²) in [6.45, 7) is 6.85. The highest BCUT2D eigenvalue weighted by Crippen LogP contribution is 2.40. The molecule has 3 rings (SSSR count). The Morgan fingerprint density at radius 3 is 2.50 bits per heavy atom. The number of halogens is 1. The number of benzene rings is 1. The van der Waals surface area contributed by atoms with Crippen molar-refractivity contribution in [3.05, 3.63) is 29.3 Å². The number of nitrogens with one attached hydrogen (secondary N) is 1. The van der Waals surface area contributed by atoms with Crippen LogP contribution in [0.25, 0.3) is 0 Å². The van der Waals surface area contributed by atoms with Gasteiger partial charge in [0, 0.05) is 42.9 Å². The SMILES string of the molecule is CC(C)NC(=O)C1CC1C(=O)N1CCN(c2cccc(Cl)c2)CC1. The van der Waals surface area contributed by atoms with Crippen LogP contribution < -0.4 is 10.2 Å². The van der Waals surface area contributed by atoms with Crippen LogP contribution in [-0.2, 0) is 9.59 Å². The Bertz CT molecular complexity index is 626. The molecule has 1 N–H and O–H groups in total. The van der Waals surface area contributed by atoms with Crippen molar-refractivity contribution in [1.29, 1.82) is 0 Å². The zero-order chi connectivity index (χ0) is 17.3. The van der Waals surface area contributed by atoms with Crippen LogP contribution in [0.3, 0.4) is 0 Å². The first-order valence-electron chi connectivity index (χ1n) is 8.55. The quantitative estimate of drug-likeness (QED) is 0.906. The first-order valence-corrected chi connectivity index (χ1v) is 8.93. The molecule has 2 fully saturated rings. The van der Waals surface area contributed by atoms with Gasteiger partial charge in [0.15, 0.2) is 0 Å². The van der Waals surface area contributed by atoms with Gasteiger partial charge in [-0.1, -0.05) is 17.7 Å². The number of nitrogens with zero attached hydrogens (tertiary/aromatic N) is 2. The van der Waals surface area contributed by atoms with Gasteiger partial charge in [-0.3, -0.25) is 9.59 Å². The van der Waals surface area contributed by atoms with Gasteiger partial charge in [0.1, 0.15) is 0 Å². The Hall–Kier alpha value is -1.75. The molecule has 1 aliphatic heterocycles. The molecule has 1 aromatic carbocycles. The minimum absolute atomic E-state index is 0.0147. The van der Waals surface area contributed by atoms with E-state index in [1.807, 2.05) is 43.0 Å². The molecule has 2 aliphatic rings. The fourth-order valence-electron chi connectivity index (χ4n) is 3.24. The van der Waals surface area contributed by atoms with Gasteiger partial charge >= 0.3 is 0 Å². The van der Waals surface area contributed by atoms with Gasteiger partial charge in [-0.2, -0.15) is 0 Å². The number of rotatable bonds is 4. The van der Waals surface area contributed by atoms with E-state index in [2.05, 4.69) is 10.2 Å². The van der Waals surface area contributed by atoms with Gasteiger partial charge in [-0.05, 0) is 38.5 Å². The summed E-state index contributed by atoms with van der Waals surface area (Å²) < 4.78 is 0. The molecule has 2 amide bonds. The van der Waals surface area contributed by atoms with E-state index in [1.54, 1.807) is 0 Å². The third kappa shape index (κ3) is 3.83. The van der Waals surface area contributed by atoms with Gasteiger partial charge in [0.2, 0.25) is 11.8 Å². The highest BCUT2D eigenvalue weighted by Gasteiger charge is 2.49. The maximum absolute atomic E-state index is 12.6. The maximum atomic E-state index is 12.6. The lowest BCUT2D eigenvalue weighted by molar-refractivity contribution is -0.135. The van der Waals surface area contributed by atoms with Crippen LogP contribution in [0.15, 0.2) is 24.3 Å². The van der Waals surface area contributed by atoms with Crippen molar-refractivity contribution in [2.75, 3.05) is 31.1 Å². The molecule has 2 unspecified atom stereocenters. The fourth-order valence-corrected chi connectivity index (χ4v) is 3.43. The Morgan fingerprint density at radius 2 is 1.88 bits per heavy atom. The second-order valence-electron chi connectivity index (χ2n) is 6.90. The zero-order valence-corrected chi connectivity index (χ0v) is 14.9. The van der Waals surface area contributed by atoms with Crippen molar-refractivity contribution in [3.8, 4) is 0 Å². The van der Waals surface area contributed by atoms with Crippen LogP contribution >= 0.6 is 11.6 Å². The monoisotopic (exact) mass is 349 g/mol. The fraction of sp³-hybridized carbons (Fsp3) is 0.556. The second-order valence-corrected chi connectivity index (χ2v) is 7.34.